The molecule has 1 saturated heterocycles. The van der Waals surface area contributed by atoms with Gasteiger partial charge in [-0.2, -0.15) is 0 Å². The first-order valence-corrected chi connectivity index (χ1v) is 12.1. The van der Waals surface area contributed by atoms with Crippen molar-refractivity contribution in [3.63, 3.8) is 0 Å². The summed E-state index contributed by atoms with van der Waals surface area (Å²) in [6.07, 6.45) is -1.62. The molecule has 3 N–H and O–H groups in total. The number of benzene rings is 2. The van der Waals surface area contributed by atoms with Crippen LogP contribution < -0.4 is 5.32 Å². The molecule has 0 bridgehead atoms. The summed E-state index contributed by atoms with van der Waals surface area (Å²) >= 11 is 1.15. The van der Waals surface area contributed by atoms with E-state index in [1.54, 1.807) is 5.38 Å². The maximum Gasteiger partial charge on any atom is 0.413 e. The molecule has 2 aliphatic rings. The number of carboxylic acid groups (broad SMARTS) is 1. The number of ether oxygens (including phenoxy) is 1. The van der Waals surface area contributed by atoms with Crippen molar-refractivity contribution in [2.75, 3.05) is 18.5 Å². The van der Waals surface area contributed by atoms with E-state index in [1.165, 1.54) is 0 Å². The van der Waals surface area contributed by atoms with Gasteiger partial charge in [0.05, 0.1) is 18.2 Å². The van der Waals surface area contributed by atoms with Gasteiger partial charge in [0.15, 0.2) is 5.13 Å². The average Bonchev–Trinajstić information content (AvgIpc) is 3.53. The summed E-state index contributed by atoms with van der Waals surface area (Å²) in [5.74, 6) is -1.65. The number of hydrogen-bond acceptors (Lipinski definition) is 7. The summed E-state index contributed by atoms with van der Waals surface area (Å²) in [6.45, 7) is 0.148. The molecule has 35 heavy (non-hydrogen) atoms. The summed E-state index contributed by atoms with van der Waals surface area (Å²) in [6, 6.07) is 15.1. The number of hydrogen-bond donors (Lipinski definition) is 3. The third-order valence-electron chi connectivity index (χ3n) is 6.32. The molecular formula is C25H23N3O6S. The van der Waals surface area contributed by atoms with Crippen LogP contribution in [0, 0.1) is 0 Å². The lowest BCUT2D eigenvalue weighted by molar-refractivity contribution is -0.148. The number of carbonyl (C=O) groups is 3. The van der Waals surface area contributed by atoms with Crippen LogP contribution in [-0.4, -0.2) is 63.4 Å². The molecule has 5 rings (SSSR count). The Kier molecular flexibility index (Phi) is 6.23. The van der Waals surface area contributed by atoms with Crippen LogP contribution in [0.3, 0.4) is 0 Å². The van der Waals surface area contributed by atoms with Crippen molar-refractivity contribution in [2.24, 2.45) is 0 Å². The van der Waals surface area contributed by atoms with E-state index in [-0.39, 0.29) is 37.0 Å². The molecule has 180 valence electrons. The lowest BCUT2D eigenvalue weighted by atomic mass is 9.98. The molecule has 1 aliphatic carbocycles. The number of aromatic nitrogens is 1. The van der Waals surface area contributed by atoms with E-state index in [9.17, 15) is 24.6 Å². The van der Waals surface area contributed by atoms with Gasteiger partial charge in [0, 0.05) is 24.3 Å². The van der Waals surface area contributed by atoms with Crippen LogP contribution in [0.1, 0.15) is 29.2 Å². The summed E-state index contributed by atoms with van der Waals surface area (Å²) in [7, 11) is 0. The molecule has 0 saturated carbocycles. The number of carboxylic acids is 1. The summed E-state index contributed by atoms with van der Waals surface area (Å²) in [5.41, 5.74) is 4.91. The normalized spacial score (nSPS) is 18.7. The highest BCUT2D eigenvalue weighted by molar-refractivity contribution is 7.13. The number of anilines is 1. The molecular weight excluding hydrogens is 470 g/mol. The monoisotopic (exact) mass is 493 g/mol. The first-order valence-electron chi connectivity index (χ1n) is 11.2. The minimum absolute atomic E-state index is 0.00668. The Morgan fingerprint density at radius 1 is 1.09 bits per heavy atom. The zero-order chi connectivity index (χ0) is 24.5. The van der Waals surface area contributed by atoms with E-state index in [4.69, 9.17) is 4.74 Å². The number of carbonyl (C=O) groups excluding carboxylic acids is 2. The highest BCUT2D eigenvalue weighted by Gasteiger charge is 2.39. The lowest BCUT2D eigenvalue weighted by Gasteiger charge is -2.20. The van der Waals surface area contributed by atoms with Crippen molar-refractivity contribution in [1.82, 2.24) is 9.88 Å². The zero-order valence-corrected chi connectivity index (χ0v) is 19.4. The molecule has 2 amide bonds. The fraction of sp³-hybridized carbons (Fsp3) is 0.280. The SMILES string of the molecule is O=C(Nc1nc(CC(=O)N2C[C@H](O)C[C@H]2C(=O)O)cs1)OCC1c2ccccc2-c2ccccc21. The number of nitrogens with zero attached hydrogens (tertiary/aromatic N) is 2. The molecule has 1 aliphatic heterocycles. The van der Waals surface area contributed by atoms with Crippen molar-refractivity contribution in [3.05, 3.63) is 70.7 Å². The highest BCUT2D eigenvalue weighted by Crippen LogP contribution is 2.44. The number of amides is 2. The standard InChI is InChI=1S/C25H23N3O6S/c29-15-10-21(23(31)32)28(11-15)22(30)9-14-13-35-24(26-14)27-25(33)34-12-20-18-7-3-1-5-16(18)17-6-2-4-8-19(17)20/h1-8,13,15,20-21,29H,9-12H2,(H,31,32)(H,26,27,33)/t15-,21+/m1/s1. The van der Waals surface area contributed by atoms with Crippen LogP contribution >= 0.6 is 11.3 Å². The minimum atomic E-state index is -1.15. The van der Waals surface area contributed by atoms with Crippen LogP contribution in [0.15, 0.2) is 53.9 Å². The molecule has 2 heterocycles. The zero-order valence-electron chi connectivity index (χ0n) is 18.6. The fourth-order valence-corrected chi connectivity index (χ4v) is 5.44. The van der Waals surface area contributed by atoms with Crippen molar-refractivity contribution in [1.29, 1.82) is 0 Å². The molecule has 10 heteroatoms. The Labute approximate surface area is 205 Å². The van der Waals surface area contributed by atoms with Crippen LogP contribution in [-0.2, 0) is 20.7 Å². The number of aliphatic hydroxyl groups is 1. The largest absolute Gasteiger partial charge is 0.480 e. The van der Waals surface area contributed by atoms with E-state index >= 15 is 0 Å². The maximum atomic E-state index is 12.6. The van der Waals surface area contributed by atoms with Gasteiger partial charge in [0.2, 0.25) is 5.91 Å². The van der Waals surface area contributed by atoms with E-state index in [0.717, 1.165) is 38.5 Å². The van der Waals surface area contributed by atoms with Crippen molar-refractivity contribution < 1.29 is 29.3 Å². The number of aliphatic hydroxyl groups excluding tert-OH is 1. The smallest absolute Gasteiger partial charge is 0.413 e. The third kappa shape index (κ3) is 4.62. The molecule has 0 radical (unpaired) electrons. The van der Waals surface area contributed by atoms with E-state index in [2.05, 4.69) is 22.4 Å². The van der Waals surface area contributed by atoms with Gasteiger partial charge < -0.3 is 19.8 Å². The topological polar surface area (TPSA) is 129 Å². The lowest BCUT2D eigenvalue weighted by Crippen LogP contribution is -2.41. The number of rotatable bonds is 6. The second-order valence-electron chi connectivity index (χ2n) is 8.56. The molecule has 1 aromatic heterocycles. The third-order valence-corrected chi connectivity index (χ3v) is 7.13. The predicted molar refractivity (Wildman–Crippen MR) is 128 cm³/mol. The summed E-state index contributed by atoms with van der Waals surface area (Å²) in [4.78, 5) is 41.8. The van der Waals surface area contributed by atoms with Crippen LogP contribution in [0.2, 0.25) is 0 Å². The quantitative estimate of drug-likeness (QED) is 0.481. The average molecular weight is 494 g/mol. The van der Waals surface area contributed by atoms with Crippen LogP contribution in [0.4, 0.5) is 9.93 Å². The Balaban J connectivity index is 1.18. The van der Waals surface area contributed by atoms with E-state index in [1.807, 2.05) is 36.4 Å². The molecule has 0 unspecified atom stereocenters. The van der Waals surface area contributed by atoms with Gasteiger partial charge in [-0.15, -0.1) is 11.3 Å². The first kappa shape index (κ1) is 23.0. The molecule has 0 spiro atoms. The van der Waals surface area contributed by atoms with Crippen molar-refractivity contribution in [3.8, 4) is 11.1 Å². The number of aliphatic carboxylic acids is 1. The van der Waals surface area contributed by atoms with Gasteiger partial charge in [-0.1, -0.05) is 48.5 Å². The van der Waals surface area contributed by atoms with Gasteiger partial charge in [0.1, 0.15) is 12.6 Å². The second kappa shape index (κ2) is 9.47. The van der Waals surface area contributed by atoms with Gasteiger partial charge in [-0.05, 0) is 22.3 Å². The Morgan fingerprint density at radius 2 is 1.74 bits per heavy atom. The Morgan fingerprint density at radius 3 is 2.40 bits per heavy atom. The highest BCUT2D eigenvalue weighted by atomic mass is 32.1. The first-order chi connectivity index (χ1) is 16.9. The molecule has 2 aromatic carbocycles. The number of β-amino-alcohol motifs (C(OH)–C–C–N with tert-alkyl or cyclic N) is 1. The molecule has 9 nitrogen and oxygen atoms in total. The van der Waals surface area contributed by atoms with Gasteiger partial charge in [-0.25, -0.2) is 14.6 Å². The predicted octanol–water partition coefficient (Wildman–Crippen LogP) is 3.09. The fourth-order valence-electron chi connectivity index (χ4n) is 4.75. The summed E-state index contributed by atoms with van der Waals surface area (Å²) < 4.78 is 5.52. The van der Waals surface area contributed by atoms with Gasteiger partial charge in [-0.3, -0.25) is 10.1 Å². The van der Waals surface area contributed by atoms with Crippen molar-refractivity contribution >= 4 is 34.4 Å². The van der Waals surface area contributed by atoms with Gasteiger partial charge in [0.25, 0.3) is 0 Å². The van der Waals surface area contributed by atoms with Crippen molar-refractivity contribution in [2.45, 2.75) is 30.9 Å². The molecule has 2 atom stereocenters. The number of likely N-dealkylation sites (tertiary alicyclic amines) is 1. The number of nitrogens with one attached hydrogen (secondary N) is 1. The van der Waals surface area contributed by atoms with E-state index < -0.39 is 30.1 Å². The van der Waals surface area contributed by atoms with Gasteiger partial charge >= 0.3 is 12.1 Å². The maximum absolute atomic E-state index is 12.6. The minimum Gasteiger partial charge on any atom is -0.480 e. The number of thiazole rings is 1. The van der Waals surface area contributed by atoms with E-state index in [0.29, 0.717) is 5.69 Å². The Hall–Kier alpha value is -3.76. The Bertz CT molecular complexity index is 1250. The molecule has 3 aromatic rings. The number of fused-ring (bicyclic) bond motifs is 3. The van der Waals surface area contributed by atoms with Crippen LogP contribution in [0.5, 0.6) is 0 Å². The van der Waals surface area contributed by atoms with Crippen LogP contribution in [0.25, 0.3) is 11.1 Å². The molecule has 1 fully saturated rings. The summed E-state index contributed by atoms with van der Waals surface area (Å²) in [5, 5.41) is 23.5. The second-order valence-corrected chi connectivity index (χ2v) is 9.42.